The standard InChI is InChI=1S/C12H20N2O2/c1-6-10-8-13-7-9(2)14(10)11(15)16-12(3,4)5/h1,9-10,13H,7-8H2,2-5H3/t9-,10+/m1/s1. The van der Waals surface area contributed by atoms with E-state index in [4.69, 9.17) is 11.2 Å². The zero-order valence-corrected chi connectivity index (χ0v) is 10.4. The SMILES string of the molecule is C#C[C@H]1CNC[C@@H](C)N1C(=O)OC(C)(C)C. The molecule has 4 heteroatoms. The maximum absolute atomic E-state index is 12.0. The zero-order chi connectivity index (χ0) is 12.3. The number of hydrogen-bond acceptors (Lipinski definition) is 3. The van der Waals surface area contributed by atoms with Gasteiger partial charge in [-0.05, 0) is 27.7 Å². The molecule has 0 spiro atoms. The molecule has 90 valence electrons. The molecule has 0 bridgehead atoms. The molecule has 0 saturated carbocycles. The van der Waals surface area contributed by atoms with Gasteiger partial charge in [-0.1, -0.05) is 5.92 Å². The van der Waals surface area contributed by atoms with Gasteiger partial charge in [-0.15, -0.1) is 6.42 Å². The molecule has 1 N–H and O–H groups in total. The van der Waals surface area contributed by atoms with Gasteiger partial charge in [0, 0.05) is 19.1 Å². The molecule has 0 aromatic rings. The number of hydrogen-bond donors (Lipinski definition) is 1. The minimum absolute atomic E-state index is 0.0599. The number of nitrogens with zero attached hydrogens (tertiary/aromatic N) is 1. The smallest absolute Gasteiger partial charge is 0.411 e. The summed E-state index contributed by atoms with van der Waals surface area (Å²) in [4.78, 5) is 13.6. The summed E-state index contributed by atoms with van der Waals surface area (Å²) in [6.45, 7) is 8.88. The molecule has 1 aliphatic heterocycles. The van der Waals surface area contributed by atoms with Crippen LogP contribution >= 0.6 is 0 Å². The van der Waals surface area contributed by atoms with E-state index in [-0.39, 0.29) is 18.2 Å². The molecule has 1 heterocycles. The second-order valence-electron chi connectivity index (χ2n) is 5.08. The molecule has 1 rings (SSSR count). The molecule has 0 aromatic carbocycles. The number of terminal acetylenes is 1. The van der Waals surface area contributed by atoms with Crippen molar-refractivity contribution in [1.82, 2.24) is 10.2 Å². The number of ether oxygens (including phenoxy) is 1. The Morgan fingerprint density at radius 3 is 2.62 bits per heavy atom. The monoisotopic (exact) mass is 224 g/mol. The minimum atomic E-state index is -0.485. The highest BCUT2D eigenvalue weighted by Crippen LogP contribution is 2.16. The molecule has 0 aromatic heterocycles. The van der Waals surface area contributed by atoms with Gasteiger partial charge in [-0.25, -0.2) is 4.79 Å². The van der Waals surface area contributed by atoms with Crippen molar-refractivity contribution in [1.29, 1.82) is 0 Å². The van der Waals surface area contributed by atoms with E-state index in [9.17, 15) is 4.79 Å². The molecule has 0 radical (unpaired) electrons. The van der Waals surface area contributed by atoms with Gasteiger partial charge >= 0.3 is 6.09 Å². The fraction of sp³-hybridized carbons (Fsp3) is 0.750. The lowest BCUT2D eigenvalue weighted by Gasteiger charge is -2.39. The number of piperazine rings is 1. The van der Waals surface area contributed by atoms with Crippen LogP contribution in [0.1, 0.15) is 27.7 Å². The van der Waals surface area contributed by atoms with Crippen molar-refractivity contribution in [2.24, 2.45) is 0 Å². The Labute approximate surface area is 97.3 Å². The number of rotatable bonds is 0. The fourth-order valence-electron chi connectivity index (χ4n) is 1.69. The van der Waals surface area contributed by atoms with Crippen LogP contribution in [0.15, 0.2) is 0 Å². The number of nitrogens with one attached hydrogen (secondary N) is 1. The van der Waals surface area contributed by atoms with Gasteiger partial charge in [0.2, 0.25) is 0 Å². The van der Waals surface area contributed by atoms with Crippen molar-refractivity contribution in [3.63, 3.8) is 0 Å². The van der Waals surface area contributed by atoms with Crippen LogP contribution < -0.4 is 5.32 Å². The largest absolute Gasteiger partial charge is 0.444 e. The van der Waals surface area contributed by atoms with Gasteiger partial charge < -0.3 is 10.1 Å². The summed E-state index contributed by atoms with van der Waals surface area (Å²) in [7, 11) is 0. The molecule has 0 unspecified atom stereocenters. The summed E-state index contributed by atoms with van der Waals surface area (Å²) >= 11 is 0. The summed E-state index contributed by atoms with van der Waals surface area (Å²) in [5, 5.41) is 3.19. The lowest BCUT2D eigenvalue weighted by Crippen LogP contribution is -2.58. The highest BCUT2D eigenvalue weighted by molar-refractivity contribution is 5.69. The Morgan fingerprint density at radius 2 is 2.12 bits per heavy atom. The van der Waals surface area contributed by atoms with Gasteiger partial charge in [-0.2, -0.15) is 0 Å². The molecule has 2 atom stereocenters. The van der Waals surface area contributed by atoms with Crippen LogP contribution in [0.25, 0.3) is 0 Å². The topological polar surface area (TPSA) is 41.6 Å². The normalized spacial score (nSPS) is 26.1. The van der Waals surface area contributed by atoms with Crippen LogP contribution in [-0.4, -0.2) is 41.8 Å². The molecular formula is C12H20N2O2. The number of carbonyl (C=O) groups excluding carboxylic acids is 1. The molecular weight excluding hydrogens is 204 g/mol. The van der Waals surface area contributed by atoms with Crippen LogP contribution in [0.4, 0.5) is 4.79 Å². The van der Waals surface area contributed by atoms with Crippen molar-refractivity contribution >= 4 is 6.09 Å². The first-order valence-corrected chi connectivity index (χ1v) is 5.53. The van der Waals surface area contributed by atoms with Gasteiger partial charge in [0.25, 0.3) is 0 Å². The van der Waals surface area contributed by atoms with Gasteiger partial charge in [0.15, 0.2) is 0 Å². The zero-order valence-electron chi connectivity index (χ0n) is 10.4. The van der Waals surface area contributed by atoms with E-state index in [0.717, 1.165) is 6.54 Å². The maximum atomic E-state index is 12.0. The highest BCUT2D eigenvalue weighted by atomic mass is 16.6. The lowest BCUT2D eigenvalue weighted by molar-refractivity contribution is 0.00739. The first-order valence-electron chi connectivity index (χ1n) is 5.53. The number of amides is 1. The van der Waals surface area contributed by atoms with E-state index in [2.05, 4.69) is 11.2 Å². The van der Waals surface area contributed by atoms with Crippen molar-refractivity contribution in [2.75, 3.05) is 13.1 Å². The molecule has 1 fully saturated rings. The van der Waals surface area contributed by atoms with Crippen molar-refractivity contribution in [3.05, 3.63) is 0 Å². The average molecular weight is 224 g/mol. The van der Waals surface area contributed by atoms with Crippen LogP contribution in [-0.2, 0) is 4.74 Å². The summed E-state index contributed by atoms with van der Waals surface area (Å²) in [5.74, 6) is 2.61. The van der Waals surface area contributed by atoms with Crippen LogP contribution in [0.2, 0.25) is 0 Å². The Morgan fingerprint density at radius 1 is 1.50 bits per heavy atom. The van der Waals surface area contributed by atoms with E-state index in [0.29, 0.717) is 6.54 Å². The van der Waals surface area contributed by atoms with Crippen LogP contribution in [0, 0.1) is 12.3 Å². The third kappa shape index (κ3) is 3.14. The Balaban J connectivity index is 2.75. The van der Waals surface area contributed by atoms with E-state index in [1.54, 1.807) is 4.90 Å². The lowest BCUT2D eigenvalue weighted by atomic mass is 10.1. The molecule has 1 aliphatic rings. The summed E-state index contributed by atoms with van der Waals surface area (Å²) in [6.07, 6.45) is 5.09. The second kappa shape index (κ2) is 4.75. The second-order valence-corrected chi connectivity index (χ2v) is 5.08. The van der Waals surface area contributed by atoms with Crippen LogP contribution in [0.3, 0.4) is 0 Å². The Bertz CT molecular complexity index is 301. The van der Waals surface area contributed by atoms with Gasteiger partial charge in [0.05, 0.1) is 0 Å². The van der Waals surface area contributed by atoms with E-state index in [1.165, 1.54) is 0 Å². The Kier molecular flexibility index (Phi) is 3.82. The molecule has 16 heavy (non-hydrogen) atoms. The minimum Gasteiger partial charge on any atom is -0.444 e. The third-order valence-corrected chi connectivity index (χ3v) is 2.38. The molecule has 1 saturated heterocycles. The maximum Gasteiger partial charge on any atom is 0.411 e. The summed E-state index contributed by atoms with van der Waals surface area (Å²) in [6, 6.07) is -0.164. The van der Waals surface area contributed by atoms with Crippen molar-refractivity contribution in [3.8, 4) is 12.3 Å². The summed E-state index contributed by atoms with van der Waals surface area (Å²) < 4.78 is 5.34. The average Bonchev–Trinajstić information content (AvgIpc) is 2.14. The highest BCUT2D eigenvalue weighted by Gasteiger charge is 2.33. The van der Waals surface area contributed by atoms with Crippen molar-refractivity contribution < 1.29 is 9.53 Å². The van der Waals surface area contributed by atoms with Gasteiger partial charge in [0.1, 0.15) is 11.6 Å². The first kappa shape index (κ1) is 12.9. The first-order chi connectivity index (χ1) is 7.35. The third-order valence-electron chi connectivity index (χ3n) is 2.38. The fourth-order valence-corrected chi connectivity index (χ4v) is 1.69. The quantitative estimate of drug-likeness (QED) is 0.629. The molecule has 4 nitrogen and oxygen atoms in total. The van der Waals surface area contributed by atoms with E-state index < -0.39 is 5.60 Å². The predicted octanol–water partition coefficient (Wildman–Crippen LogP) is 1.22. The molecule has 1 amide bonds. The molecule has 0 aliphatic carbocycles. The van der Waals surface area contributed by atoms with Crippen LogP contribution in [0.5, 0.6) is 0 Å². The predicted molar refractivity (Wildman–Crippen MR) is 63.0 cm³/mol. The van der Waals surface area contributed by atoms with Crippen molar-refractivity contribution in [2.45, 2.75) is 45.4 Å². The summed E-state index contributed by atoms with van der Waals surface area (Å²) in [5.41, 5.74) is -0.485. The number of carbonyl (C=O) groups is 1. The van der Waals surface area contributed by atoms with E-state index >= 15 is 0 Å². The van der Waals surface area contributed by atoms with E-state index in [1.807, 2.05) is 27.7 Å². The Hall–Kier alpha value is -1.21. The van der Waals surface area contributed by atoms with Gasteiger partial charge in [-0.3, -0.25) is 4.90 Å².